The molecule has 1 saturated carbocycles. The fourth-order valence-electron chi connectivity index (χ4n) is 3.03. The summed E-state index contributed by atoms with van der Waals surface area (Å²) < 4.78 is 1.80. The van der Waals surface area contributed by atoms with Crippen molar-refractivity contribution in [3.63, 3.8) is 0 Å². The molecule has 0 saturated heterocycles. The number of hydrogen-bond acceptors (Lipinski definition) is 3. The molecule has 1 aliphatic rings. The molecule has 0 radical (unpaired) electrons. The molecule has 22 heavy (non-hydrogen) atoms. The van der Waals surface area contributed by atoms with Crippen LogP contribution in [0.25, 0.3) is 11.0 Å². The van der Waals surface area contributed by atoms with Crippen molar-refractivity contribution in [2.75, 3.05) is 0 Å². The predicted octanol–water partition coefficient (Wildman–Crippen LogP) is 1.30. The summed E-state index contributed by atoms with van der Waals surface area (Å²) in [6.07, 6.45) is 7.25. The predicted molar refractivity (Wildman–Crippen MR) is 85.3 cm³/mol. The molecule has 3 rings (SSSR count). The number of pyridine rings is 1. The van der Waals surface area contributed by atoms with E-state index in [0.29, 0.717) is 6.54 Å². The van der Waals surface area contributed by atoms with Gasteiger partial charge in [0, 0.05) is 18.3 Å². The van der Waals surface area contributed by atoms with E-state index in [2.05, 4.69) is 16.5 Å². The van der Waals surface area contributed by atoms with Crippen molar-refractivity contribution in [2.24, 2.45) is 5.92 Å². The standard InChI is InChI=1S/C16H19N3O3/c1-2-8-19-11(7-6-10-4-3-5-10)9-12(20)13-14(19)17-16(22)18-15(13)21/h2,9-10H,1,3-8H2,(H2,17,18,21,22). The van der Waals surface area contributed by atoms with Gasteiger partial charge in [0.25, 0.3) is 5.56 Å². The minimum absolute atomic E-state index is 0.00570. The maximum Gasteiger partial charge on any atom is 0.327 e. The zero-order valence-electron chi connectivity index (χ0n) is 12.4. The number of allylic oxidation sites excluding steroid dienone is 1. The van der Waals surface area contributed by atoms with E-state index in [1.54, 1.807) is 10.6 Å². The van der Waals surface area contributed by atoms with Gasteiger partial charge in [0.15, 0.2) is 5.43 Å². The third-order valence-corrected chi connectivity index (χ3v) is 4.43. The fourth-order valence-corrected chi connectivity index (χ4v) is 3.03. The lowest BCUT2D eigenvalue weighted by Gasteiger charge is -2.25. The molecule has 0 bridgehead atoms. The number of rotatable bonds is 5. The normalized spacial score (nSPS) is 14.9. The van der Waals surface area contributed by atoms with Gasteiger partial charge in [0.1, 0.15) is 11.0 Å². The average molecular weight is 301 g/mol. The van der Waals surface area contributed by atoms with E-state index in [4.69, 9.17) is 0 Å². The first-order chi connectivity index (χ1) is 10.6. The van der Waals surface area contributed by atoms with Gasteiger partial charge in [-0.3, -0.25) is 19.6 Å². The smallest absolute Gasteiger partial charge is 0.327 e. The number of hydrogen-bond donors (Lipinski definition) is 2. The topological polar surface area (TPSA) is 87.7 Å². The minimum atomic E-state index is -0.646. The van der Waals surface area contributed by atoms with Crippen LogP contribution in [0.15, 0.2) is 33.1 Å². The van der Waals surface area contributed by atoms with Crippen LogP contribution in [-0.2, 0) is 13.0 Å². The molecule has 0 amide bonds. The highest BCUT2D eigenvalue weighted by molar-refractivity contribution is 5.73. The summed E-state index contributed by atoms with van der Waals surface area (Å²) in [5.74, 6) is 0.723. The molecule has 2 aromatic heterocycles. The summed E-state index contributed by atoms with van der Waals surface area (Å²) in [5.41, 5.74) is -0.482. The third-order valence-electron chi connectivity index (χ3n) is 4.43. The van der Waals surface area contributed by atoms with Crippen LogP contribution >= 0.6 is 0 Å². The highest BCUT2D eigenvalue weighted by Crippen LogP contribution is 2.30. The van der Waals surface area contributed by atoms with Crippen molar-refractivity contribution in [1.29, 1.82) is 0 Å². The van der Waals surface area contributed by atoms with Crippen molar-refractivity contribution in [2.45, 2.75) is 38.6 Å². The number of fused-ring (bicyclic) bond motifs is 1. The molecule has 2 heterocycles. The zero-order chi connectivity index (χ0) is 15.7. The Kier molecular flexibility index (Phi) is 3.83. The largest absolute Gasteiger partial charge is 0.327 e. The average Bonchev–Trinajstić information content (AvgIpc) is 2.40. The third kappa shape index (κ3) is 2.56. The molecule has 0 atom stereocenters. The number of aryl methyl sites for hydroxylation is 1. The Morgan fingerprint density at radius 3 is 2.68 bits per heavy atom. The van der Waals surface area contributed by atoms with Crippen LogP contribution in [0, 0.1) is 5.92 Å². The first kappa shape index (κ1) is 14.6. The first-order valence-corrected chi connectivity index (χ1v) is 7.60. The molecule has 2 N–H and O–H groups in total. The van der Waals surface area contributed by atoms with Gasteiger partial charge >= 0.3 is 5.69 Å². The van der Waals surface area contributed by atoms with Gasteiger partial charge in [-0.05, 0) is 18.8 Å². The Hall–Kier alpha value is -2.37. The molecule has 1 aliphatic carbocycles. The quantitative estimate of drug-likeness (QED) is 0.816. The summed E-state index contributed by atoms with van der Waals surface area (Å²) >= 11 is 0. The van der Waals surface area contributed by atoms with E-state index in [-0.39, 0.29) is 16.5 Å². The summed E-state index contributed by atoms with van der Waals surface area (Å²) in [5, 5.41) is -0.00570. The molecule has 0 aliphatic heterocycles. The van der Waals surface area contributed by atoms with Crippen LogP contribution in [-0.4, -0.2) is 14.5 Å². The highest BCUT2D eigenvalue weighted by atomic mass is 16.2. The number of H-pyrrole nitrogens is 2. The Morgan fingerprint density at radius 2 is 2.05 bits per heavy atom. The van der Waals surface area contributed by atoms with Crippen LogP contribution < -0.4 is 16.7 Å². The fraction of sp³-hybridized carbons (Fsp3) is 0.438. The Bertz CT molecular complexity index is 884. The lowest BCUT2D eigenvalue weighted by atomic mass is 9.82. The van der Waals surface area contributed by atoms with Gasteiger partial charge in [0.05, 0.1) is 0 Å². The van der Waals surface area contributed by atoms with Crippen molar-refractivity contribution in [1.82, 2.24) is 14.5 Å². The molecule has 116 valence electrons. The molecule has 0 unspecified atom stereocenters. The maximum absolute atomic E-state index is 12.2. The van der Waals surface area contributed by atoms with Crippen LogP contribution in [0.5, 0.6) is 0 Å². The molecule has 0 spiro atoms. The molecule has 0 aromatic carbocycles. The Morgan fingerprint density at radius 1 is 1.27 bits per heavy atom. The second kappa shape index (κ2) is 5.79. The van der Waals surface area contributed by atoms with Gasteiger partial charge in [-0.15, -0.1) is 6.58 Å². The minimum Gasteiger partial charge on any atom is -0.327 e. The monoisotopic (exact) mass is 301 g/mol. The van der Waals surface area contributed by atoms with Gasteiger partial charge in [-0.2, -0.15) is 0 Å². The van der Waals surface area contributed by atoms with Crippen molar-refractivity contribution in [3.05, 3.63) is 55.5 Å². The van der Waals surface area contributed by atoms with Crippen LogP contribution in [0.3, 0.4) is 0 Å². The second-order valence-corrected chi connectivity index (χ2v) is 5.87. The molecule has 6 heteroatoms. The summed E-state index contributed by atoms with van der Waals surface area (Å²) in [7, 11) is 0. The maximum atomic E-state index is 12.2. The van der Waals surface area contributed by atoms with Gasteiger partial charge in [-0.25, -0.2) is 4.79 Å². The Balaban J connectivity index is 2.16. The molecule has 2 aromatic rings. The van der Waals surface area contributed by atoms with E-state index >= 15 is 0 Å². The summed E-state index contributed by atoms with van der Waals surface area (Å²) in [6.45, 7) is 4.16. The molecule has 6 nitrogen and oxygen atoms in total. The molecular weight excluding hydrogens is 282 g/mol. The second-order valence-electron chi connectivity index (χ2n) is 5.87. The van der Waals surface area contributed by atoms with E-state index in [0.717, 1.165) is 24.5 Å². The molecule has 1 fully saturated rings. The number of nitrogens with one attached hydrogen (secondary N) is 2. The van der Waals surface area contributed by atoms with Gasteiger partial charge in [0.2, 0.25) is 0 Å². The van der Waals surface area contributed by atoms with E-state index in [1.807, 2.05) is 0 Å². The zero-order valence-corrected chi connectivity index (χ0v) is 12.4. The highest BCUT2D eigenvalue weighted by Gasteiger charge is 2.19. The van der Waals surface area contributed by atoms with Crippen molar-refractivity contribution < 1.29 is 0 Å². The lowest BCUT2D eigenvalue weighted by Crippen LogP contribution is -2.29. The first-order valence-electron chi connectivity index (χ1n) is 7.60. The van der Waals surface area contributed by atoms with Crippen LogP contribution in [0.4, 0.5) is 0 Å². The van der Waals surface area contributed by atoms with Gasteiger partial charge in [-0.1, -0.05) is 25.3 Å². The Labute approximate surface area is 126 Å². The number of nitrogens with zero attached hydrogens (tertiary/aromatic N) is 1. The van der Waals surface area contributed by atoms with E-state index in [1.165, 1.54) is 25.3 Å². The summed E-state index contributed by atoms with van der Waals surface area (Å²) in [4.78, 5) is 40.4. The van der Waals surface area contributed by atoms with Crippen molar-refractivity contribution in [3.8, 4) is 0 Å². The summed E-state index contributed by atoms with van der Waals surface area (Å²) in [6, 6.07) is 1.51. The molecular formula is C16H19N3O3. The SMILES string of the molecule is C=CCn1c(CCC2CCC2)cc(=O)c2c(=O)[nH]c(=O)[nH]c21. The van der Waals surface area contributed by atoms with Crippen molar-refractivity contribution >= 4 is 11.0 Å². The number of aromatic amines is 2. The van der Waals surface area contributed by atoms with Crippen LogP contribution in [0.2, 0.25) is 0 Å². The van der Waals surface area contributed by atoms with E-state index < -0.39 is 11.2 Å². The van der Waals surface area contributed by atoms with E-state index in [9.17, 15) is 14.4 Å². The van der Waals surface area contributed by atoms with Crippen LogP contribution in [0.1, 0.15) is 31.4 Å². The van der Waals surface area contributed by atoms with Gasteiger partial charge < -0.3 is 4.57 Å². The lowest BCUT2D eigenvalue weighted by molar-refractivity contribution is 0.294. The number of aromatic nitrogens is 3.